The lowest BCUT2D eigenvalue weighted by molar-refractivity contribution is -0.132. The van der Waals surface area contributed by atoms with Gasteiger partial charge >= 0.3 is 5.97 Å². The van der Waals surface area contributed by atoms with Gasteiger partial charge in [0.25, 0.3) is 0 Å². The number of hydrogen-bond acceptors (Lipinski definition) is 5. The molecule has 2 rings (SSSR count). The summed E-state index contributed by atoms with van der Waals surface area (Å²) in [7, 11) is -3.63. The van der Waals surface area contributed by atoms with Crippen molar-refractivity contribution >= 4 is 21.9 Å². The second-order valence-electron chi connectivity index (χ2n) is 5.38. The van der Waals surface area contributed by atoms with Gasteiger partial charge in [-0.3, -0.25) is 4.79 Å². The number of amides is 1. The first kappa shape index (κ1) is 18.4. The number of sulfonamides is 1. The Morgan fingerprint density at radius 1 is 1.04 bits per heavy atom. The lowest BCUT2D eigenvalue weighted by Gasteiger charge is -2.33. The summed E-state index contributed by atoms with van der Waals surface area (Å²) in [5.74, 6) is -0.445. The molecule has 0 spiro atoms. The Kier molecular flexibility index (Phi) is 5.95. The molecule has 0 aliphatic carbocycles. The van der Waals surface area contributed by atoms with Crippen LogP contribution in [0.2, 0.25) is 0 Å². The molecule has 0 radical (unpaired) electrons. The topological polar surface area (TPSA) is 84.0 Å². The number of esters is 1. The van der Waals surface area contributed by atoms with Crippen LogP contribution < -0.4 is 0 Å². The summed E-state index contributed by atoms with van der Waals surface area (Å²) in [4.78, 5) is 25.1. The van der Waals surface area contributed by atoms with E-state index in [0.717, 1.165) is 0 Å². The first-order valence-corrected chi connectivity index (χ1v) is 9.39. The monoisotopic (exact) mass is 354 g/mol. The van der Waals surface area contributed by atoms with E-state index < -0.39 is 16.0 Å². The number of carbonyl (C=O) groups excluding carboxylic acids is 2. The van der Waals surface area contributed by atoms with Crippen LogP contribution >= 0.6 is 0 Å². The maximum absolute atomic E-state index is 12.6. The van der Waals surface area contributed by atoms with Crippen LogP contribution in [-0.4, -0.2) is 62.3 Å². The van der Waals surface area contributed by atoms with Crippen molar-refractivity contribution in [1.29, 1.82) is 0 Å². The Balaban J connectivity index is 2.08. The number of benzene rings is 1. The standard InChI is InChI=1S/C16H22N2O5S/c1-3-15(19)17-9-11-18(12-10-17)24(21,22)14-7-5-13(6-8-14)16(20)23-4-2/h5-8H,3-4,9-12H2,1-2H3. The molecular formula is C16H22N2O5S. The van der Waals surface area contributed by atoms with Gasteiger partial charge in [0, 0.05) is 32.6 Å². The van der Waals surface area contributed by atoms with Crippen molar-refractivity contribution in [2.45, 2.75) is 25.2 Å². The van der Waals surface area contributed by atoms with E-state index in [9.17, 15) is 18.0 Å². The third-order valence-corrected chi connectivity index (χ3v) is 5.81. The van der Waals surface area contributed by atoms with Crippen LogP contribution in [0.1, 0.15) is 30.6 Å². The Morgan fingerprint density at radius 3 is 2.12 bits per heavy atom. The fourth-order valence-electron chi connectivity index (χ4n) is 2.53. The molecule has 1 amide bonds. The van der Waals surface area contributed by atoms with Crippen molar-refractivity contribution in [3.63, 3.8) is 0 Å². The lowest BCUT2D eigenvalue weighted by atomic mass is 10.2. The van der Waals surface area contributed by atoms with Crippen LogP contribution in [0.15, 0.2) is 29.2 Å². The maximum Gasteiger partial charge on any atom is 0.338 e. The summed E-state index contributed by atoms with van der Waals surface area (Å²) >= 11 is 0. The fraction of sp³-hybridized carbons (Fsp3) is 0.500. The molecule has 1 saturated heterocycles. The Morgan fingerprint density at radius 2 is 1.62 bits per heavy atom. The van der Waals surface area contributed by atoms with E-state index in [1.807, 2.05) is 0 Å². The number of piperazine rings is 1. The quantitative estimate of drug-likeness (QED) is 0.740. The van der Waals surface area contributed by atoms with Gasteiger partial charge < -0.3 is 9.64 Å². The summed E-state index contributed by atoms with van der Waals surface area (Å²) in [6.45, 7) is 5.09. The molecule has 1 aliphatic heterocycles. The zero-order valence-electron chi connectivity index (χ0n) is 13.9. The summed E-state index contributed by atoms with van der Waals surface area (Å²) in [6, 6.07) is 5.71. The number of ether oxygens (including phenoxy) is 1. The molecule has 0 N–H and O–H groups in total. The SMILES string of the molecule is CCOC(=O)c1ccc(S(=O)(=O)N2CCN(C(=O)CC)CC2)cc1. The minimum Gasteiger partial charge on any atom is -0.462 e. The number of carbonyl (C=O) groups is 2. The van der Waals surface area contributed by atoms with Gasteiger partial charge in [0.1, 0.15) is 0 Å². The summed E-state index contributed by atoms with van der Waals surface area (Å²) in [5, 5.41) is 0. The highest BCUT2D eigenvalue weighted by molar-refractivity contribution is 7.89. The van der Waals surface area contributed by atoms with E-state index in [0.29, 0.717) is 25.1 Å². The third-order valence-electron chi connectivity index (χ3n) is 3.90. The molecular weight excluding hydrogens is 332 g/mol. The molecule has 0 saturated carbocycles. The van der Waals surface area contributed by atoms with Gasteiger partial charge in [0.2, 0.25) is 15.9 Å². The lowest BCUT2D eigenvalue weighted by Crippen LogP contribution is -2.50. The Bertz CT molecular complexity index is 692. The highest BCUT2D eigenvalue weighted by atomic mass is 32.2. The Hall–Kier alpha value is -1.93. The van der Waals surface area contributed by atoms with Gasteiger partial charge in [0.05, 0.1) is 17.1 Å². The number of hydrogen-bond donors (Lipinski definition) is 0. The molecule has 0 aromatic heterocycles. The van der Waals surface area contributed by atoms with E-state index >= 15 is 0 Å². The van der Waals surface area contributed by atoms with Crippen molar-refractivity contribution in [3.8, 4) is 0 Å². The van der Waals surface area contributed by atoms with Crippen molar-refractivity contribution in [2.24, 2.45) is 0 Å². The van der Waals surface area contributed by atoms with Crippen molar-refractivity contribution < 1.29 is 22.7 Å². The van der Waals surface area contributed by atoms with Gasteiger partial charge in [-0.25, -0.2) is 13.2 Å². The molecule has 0 unspecified atom stereocenters. The van der Waals surface area contributed by atoms with Gasteiger partial charge in [-0.2, -0.15) is 4.31 Å². The summed E-state index contributed by atoms with van der Waals surface area (Å²) in [6.07, 6.45) is 0.419. The third kappa shape index (κ3) is 3.93. The maximum atomic E-state index is 12.6. The van der Waals surface area contributed by atoms with E-state index in [4.69, 9.17) is 4.74 Å². The van der Waals surface area contributed by atoms with Gasteiger partial charge in [-0.05, 0) is 31.2 Å². The molecule has 24 heavy (non-hydrogen) atoms. The second-order valence-corrected chi connectivity index (χ2v) is 7.32. The molecule has 1 fully saturated rings. The van der Waals surface area contributed by atoms with E-state index in [1.54, 1.807) is 18.7 Å². The van der Waals surface area contributed by atoms with Gasteiger partial charge in [0.15, 0.2) is 0 Å². The van der Waals surface area contributed by atoms with Crippen molar-refractivity contribution in [3.05, 3.63) is 29.8 Å². The molecule has 0 bridgehead atoms. The van der Waals surface area contributed by atoms with Gasteiger partial charge in [-0.15, -0.1) is 0 Å². The van der Waals surface area contributed by atoms with Gasteiger partial charge in [-0.1, -0.05) is 6.92 Å². The first-order valence-electron chi connectivity index (χ1n) is 7.95. The predicted octanol–water partition coefficient (Wildman–Crippen LogP) is 1.11. The largest absolute Gasteiger partial charge is 0.462 e. The van der Waals surface area contributed by atoms with Crippen molar-refractivity contribution in [2.75, 3.05) is 32.8 Å². The summed E-state index contributed by atoms with van der Waals surface area (Å²) in [5.41, 5.74) is 0.314. The van der Waals surface area contributed by atoms with Crippen LogP contribution in [0.25, 0.3) is 0 Å². The second kappa shape index (κ2) is 7.76. The summed E-state index contributed by atoms with van der Waals surface area (Å²) < 4.78 is 31.5. The predicted molar refractivity (Wildman–Crippen MR) is 88.0 cm³/mol. The molecule has 1 heterocycles. The minimum absolute atomic E-state index is 0.0332. The minimum atomic E-state index is -3.63. The van der Waals surface area contributed by atoms with Crippen LogP contribution in [0.4, 0.5) is 0 Å². The highest BCUT2D eigenvalue weighted by Gasteiger charge is 2.29. The van der Waals surface area contributed by atoms with Crippen LogP contribution in [0.5, 0.6) is 0 Å². The van der Waals surface area contributed by atoms with E-state index in [2.05, 4.69) is 0 Å². The molecule has 8 heteroatoms. The molecule has 1 aromatic carbocycles. The molecule has 1 aromatic rings. The zero-order chi connectivity index (χ0) is 17.7. The fourth-order valence-corrected chi connectivity index (χ4v) is 3.95. The first-order chi connectivity index (χ1) is 11.4. The van der Waals surface area contributed by atoms with E-state index in [1.165, 1.54) is 28.6 Å². The van der Waals surface area contributed by atoms with Crippen LogP contribution in [-0.2, 0) is 19.6 Å². The molecule has 7 nitrogen and oxygen atoms in total. The normalized spacial score (nSPS) is 16.0. The molecule has 132 valence electrons. The number of rotatable bonds is 5. The number of nitrogens with zero attached hydrogens (tertiary/aromatic N) is 2. The zero-order valence-corrected chi connectivity index (χ0v) is 14.7. The average molecular weight is 354 g/mol. The van der Waals surface area contributed by atoms with E-state index in [-0.39, 0.29) is 30.5 Å². The highest BCUT2D eigenvalue weighted by Crippen LogP contribution is 2.19. The Labute approximate surface area is 142 Å². The molecule has 1 aliphatic rings. The van der Waals surface area contributed by atoms with Crippen LogP contribution in [0.3, 0.4) is 0 Å². The van der Waals surface area contributed by atoms with Crippen LogP contribution in [0, 0.1) is 0 Å². The smallest absolute Gasteiger partial charge is 0.338 e. The molecule has 0 atom stereocenters. The average Bonchev–Trinajstić information content (AvgIpc) is 2.61. The van der Waals surface area contributed by atoms with Crippen molar-refractivity contribution in [1.82, 2.24) is 9.21 Å².